The first kappa shape index (κ1) is 17.0. The van der Waals surface area contributed by atoms with Crippen LogP contribution < -0.4 is 10.5 Å². The quantitative estimate of drug-likeness (QED) is 0.907. The van der Waals surface area contributed by atoms with E-state index in [1.54, 1.807) is 20.8 Å². The highest BCUT2D eigenvalue weighted by molar-refractivity contribution is 7.92. The minimum atomic E-state index is -3.17. The SMILES string of the molecule is Cc1ccc(OCCS(=O)(=O)C(C)(C)C)c(C(C)N)c1. The van der Waals surface area contributed by atoms with Crippen molar-refractivity contribution in [1.29, 1.82) is 0 Å². The van der Waals surface area contributed by atoms with Crippen LogP contribution in [0, 0.1) is 6.92 Å². The van der Waals surface area contributed by atoms with Crippen LogP contribution in [-0.2, 0) is 9.84 Å². The molecule has 1 unspecified atom stereocenters. The van der Waals surface area contributed by atoms with E-state index in [1.165, 1.54) is 0 Å². The summed E-state index contributed by atoms with van der Waals surface area (Å²) in [4.78, 5) is 0. The van der Waals surface area contributed by atoms with Crippen molar-refractivity contribution in [3.8, 4) is 5.75 Å². The Morgan fingerprint density at radius 2 is 1.90 bits per heavy atom. The van der Waals surface area contributed by atoms with E-state index >= 15 is 0 Å². The zero-order valence-corrected chi connectivity index (χ0v) is 13.8. The topological polar surface area (TPSA) is 69.4 Å². The first-order valence-corrected chi connectivity index (χ1v) is 8.41. The van der Waals surface area contributed by atoms with Gasteiger partial charge in [-0.15, -0.1) is 0 Å². The van der Waals surface area contributed by atoms with E-state index in [0.29, 0.717) is 5.75 Å². The number of ether oxygens (including phenoxy) is 1. The molecule has 0 fully saturated rings. The van der Waals surface area contributed by atoms with Gasteiger partial charge in [-0.25, -0.2) is 8.42 Å². The average molecular weight is 299 g/mol. The Labute approximate surface area is 122 Å². The lowest BCUT2D eigenvalue weighted by molar-refractivity contribution is 0.334. The Morgan fingerprint density at radius 3 is 2.40 bits per heavy atom. The summed E-state index contributed by atoms with van der Waals surface area (Å²) in [6.07, 6.45) is 0. The second kappa shape index (κ2) is 6.14. The van der Waals surface area contributed by atoms with Gasteiger partial charge in [-0.1, -0.05) is 17.7 Å². The summed E-state index contributed by atoms with van der Waals surface area (Å²) >= 11 is 0. The number of hydrogen-bond donors (Lipinski definition) is 1. The summed E-state index contributed by atoms with van der Waals surface area (Å²) < 4.78 is 28.9. The summed E-state index contributed by atoms with van der Waals surface area (Å²) in [6, 6.07) is 5.60. The molecule has 0 spiro atoms. The average Bonchev–Trinajstić information content (AvgIpc) is 2.29. The number of hydrogen-bond acceptors (Lipinski definition) is 4. The Kier molecular flexibility index (Phi) is 5.21. The molecule has 0 aromatic heterocycles. The van der Waals surface area contributed by atoms with Crippen LogP contribution in [0.1, 0.15) is 44.9 Å². The predicted octanol–water partition coefficient (Wildman–Crippen LogP) is 2.61. The zero-order chi connectivity index (χ0) is 15.6. The van der Waals surface area contributed by atoms with Crippen LogP contribution in [0.5, 0.6) is 5.75 Å². The van der Waals surface area contributed by atoms with Crippen LogP contribution in [0.25, 0.3) is 0 Å². The molecule has 0 aliphatic heterocycles. The van der Waals surface area contributed by atoms with Gasteiger partial charge in [0.2, 0.25) is 0 Å². The lowest BCUT2D eigenvalue weighted by Gasteiger charge is -2.20. The number of sulfone groups is 1. The molecule has 0 saturated carbocycles. The Bertz CT molecular complexity index is 557. The van der Waals surface area contributed by atoms with Crippen molar-refractivity contribution in [2.24, 2.45) is 5.73 Å². The smallest absolute Gasteiger partial charge is 0.158 e. The number of aryl methyl sites for hydroxylation is 1. The van der Waals surface area contributed by atoms with Crippen molar-refractivity contribution < 1.29 is 13.2 Å². The molecule has 0 saturated heterocycles. The van der Waals surface area contributed by atoms with Crippen LogP contribution in [0.2, 0.25) is 0 Å². The number of benzene rings is 1. The molecular formula is C15H25NO3S. The lowest BCUT2D eigenvalue weighted by Crippen LogP contribution is -2.32. The maximum Gasteiger partial charge on any atom is 0.158 e. The largest absolute Gasteiger partial charge is 0.492 e. The van der Waals surface area contributed by atoms with Gasteiger partial charge in [0.05, 0.1) is 10.5 Å². The van der Waals surface area contributed by atoms with E-state index in [9.17, 15) is 8.42 Å². The number of nitrogens with two attached hydrogens (primary N) is 1. The summed E-state index contributed by atoms with van der Waals surface area (Å²) in [6.45, 7) is 9.10. The van der Waals surface area contributed by atoms with Crippen molar-refractivity contribution in [1.82, 2.24) is 0 Å². The molecule has 1 aromatic rings. The fourth-order valence-corrected chi connectivity index (χ4v) is 2.64. The molecular weight excluding hydrogens is 274 g/mol. The first-order valence-electron chi connectivity index (χ1n) is 6.76. The van der Waals surface area contributed by atoms with Crippen LogP contribution in [0.3, 0.4) is 0 Å². The monoisotopic (exact) mass is 299 g/mol. The molecule has 20 heavy (non-hydrogen) atoms. The second-order valence-electron chi connectivity index (χ2n) is 6.11. The first-order chi connectivity index (χ1) is 9.04. The fraction of sp³-hybridized carbons (Fsp3) is 0.600. The molecule has 0 aliphatic rings. The van der Waals surface area contributed by atoms with Gasteiger partial charge in [-0.2, -0.15) is 0 Å². The molecule has 1 aromatic carbocycles. The molecule has 0 amide bonds. The van der Waals surface area contributed by atoms with E-state index in [1.807, 2.05) is 32.0 Å². The molecule has 1 atom stereocenters. The Morgan fingerprint density at radius 1 is 1.30 bits per heavy atom. The van der Waals surface area contributed by atoms with E-state index in [2.05, 4.69) is 0 Å². The van der Waals surface area contributed by atoms with Gasteiger partial charge in [-0.3, -0.25) is 0 Å². The molecule has 0 bridgehead atoms. The maximum atomic E-state index is 12.0. The predicted molar refractivity (Wildman–Crippen MR) is 82.8 cm³/mol. The summed E-state index contributed by atoms with van der Waals surface area (Å²) in [7, 11) is -3.17. The van der Waals surface area contributed by atoms with Crippen molar-refractivity contribution in [2.45, 2.75) is 45.4 Å². The van der Waals surface area contributed by atoms with Gasteiger partial charge in [0.1, 0.15) is 12.4 Å². The van der Waals surface area contributed by atoms with Crippen molar-refractivity contribution in [3.63, 3.8) is 0 Å². The highest BCUT2D eigenvalue weighted by Gasteiger charge is 2.28. The molecule has 5 heteroatoms. The molecule has 4 nitrogen and oxygen atoms in total. The second-order valence-corrected chi connectivity index (χ2v) is 8.97. The van der Waals surface area contributed by atoms with E-state index in [-0.39, 0.29) is 18.4 Å². The highest BCUT2D eigenvalue weighted by Crippen LogP contribution is 2.25. The summed E-state index contributed by atoms with van der Waals surface area (Å²) in [5, 5.41) is 0. The van der Waals surface area contributed by atoms with E-state index in [4.69, 9.17) is 10.5 Å². The third kappa shape index (κ3) is 4.21. The molecule has 2 N–H and O–H groups in total. The lowest BCUT2D eigenvalue weighted by atomic mass is 10.1. The third-order valence-electron chi connectivity index (χ3n) is 3.20. The van der Waals surface area contributed by atoms with Gasteiger partial charge in [0.25, 0.3) is 0 Å². The third-order valence-corrected chi connectivity index (χ3v) is 5.77. The Balaban J connectivity index is 2.77. The van der Waals surface area contributed by atoms with Gasteiger partial charge < -0.3 is 10.5 Å². The minimum absolute atomic E-state index is 0.00275. The maximum absolute atomic E-state index is 12.0. The van der Waals surface area contributed by atoms with Crippen LogP contribution >= 0.6 is 0 Å². The van der Waals surface area contributed by atoms with Crippen molar-refractivity contribution >= 4 is 9.84 Å². The normalized spacial score (nSPS) is 14.1. The Hall–Kier alpha value is -1.07. The van der Waals surface area contributed by atoms with Crippen LogP contribution in [0.15, 0.2) is 18.2 Å². The zero-order valence-electron chi connectivity index (χ0n) is 12.9. The van der Waals surface area contributed by atoms with E-state index < -0.39 is 14.6 Å². The summed E-state index contributed by atoms with van der Waals surface area (Å²) in [5.74, 6) is 0.665. The van der Waals surface area contributed by atoms with Crippen LogP contribution in [-0.4, -0.2) is 25.5 Å². The van der Waals surface area contributed by atoms with Gasteiger partial charge in [0.15, 0.2) is 9.84 Å². The van der Waals surface area contributed by atoms with Gasteiger partial charge >= 0.3 is 0 Å². The molecule has 0 radical (unpaired) electrons. The minimum Gasteiger partial charge on any atom is -0.492 e. The van der Waals surface area contributed by atoms with Gasteiger partial charge in [-0.05, 0) is 40.7 Å². The fourth-order valence-electron chi connectivity index (χ4n) is 1.72. The van der Waals surface area contributed by atoms with Crippen molar-refractivity contribution in [2.75, 3.05) is 12.4 Å². The molecule has 0 heterocycles. The molecule has 1 rings (SSSR count). The van der Waals surface area contributed by atoms with Crippen LogP contribution in [0.4, 0.5) is 0 Å². The highest BCUT2D eigenvalue weighted by atomic mass is 32.2. The standard InChI is InChI=1S/C15H25NO3S/c1-11-6-7-14(13(10-11)12(2)16)19-8-9-20(17,18)15(3,4)5/h6-7,10,12H,8-9,16H2,1-5H3. The van der Waals surface area contributed by atoms with Crippen molar-refractivity contribution in [3.05, 3.63) is 29.3 Å². The summed E-state index contributed by atoms with van der Waals surface area (Å²) in [5.41, 5.74) is 7.92. The molecule has 114 valence electrons. The van der Waals surface area contributed by atoms with Gasteiger partial charge in [0, 0.05) is 11.6 Å². The van der Waals surface area contributed by atoms with E-state index in [0.717, 1.165) is 11.1 Å². The number of rotatable bonds is 5. The molecule has 0 aliphatic carbocycles.